The number of hydrogen-bond donors (Lipinski definition) is 1. The molecule has 2 aromatic rings. The number of nitrogens with two attached hydrogens (primary N) is 1. The van der Waals surface area contributed by atoms with E-state index in [-0.39, 0.29) is 5.60 Å². The molecule has 1 heterocycles. The van der Waals surface area contributed by atoms with E-state index >= 15 is 0 Å². The van der Waals surface area contributed by atoms with Crippen LogP contribution >= 0.6 is 0 Å². The van der Waals surface area contributed by atoms with Crippen LogP contribution in [0.4, 0.5) is 0 Å². The third kappa shape index (κ3) is 3.76. The van der Waals surface area contributed by atoms with E-state index in [2.05, 4.69) is 9.97 Å². The number of benzene rings is 1. The standard InChI is InChI=1S/C15H19N3O/c1-15(2,3)19-12-6-4-11(5-7-12)13-8-9-17-14(10-16)18-13/h4-9H,10,16H2,1-3H3. The van der Waals surface area contributed by atoms with E-state index in [9.17, 15) is 0 Å². The van der Waals surface area contributed by atoms with Crippen LogP contribution in [-0.2, 0) is 6.54 Å². The highest BCUT2D eigenvalue weighted by molar-refractivity contribution is 5.59. The van der Waals surface area contributed by atoms with E-state index in [0.29, 0.717) is 12.4 Å². The van der Waals surface area contributed by atoms with Crippen molar-refractivity contribution >= 4 is 0 Å². The van der Waals surface area contributed by atoms with Crippen LogP contribution in [0.25, 0.3) is 11.3 Å². The van der Waals surface area contributed by atoms with Crippen molar-refractivity contribution in [2.45, 2.75) is 32.9 Å². The highest BCUT2D eigenvalue weighted by Crippen LogP contribution is 2.23. The van der Waals surface area contributed by atoms with Crippen LogP contribution in [0.5, 0.6) is 5.75 Å². The Morgan fingerprint density at radius 3 is 2.37 bits per heavy atom. The topological polar surface area (TPSA) is 61.0 Å². The molecule has 2 N–H and O–H groups in total. The Morgan fingerprint density at radius 2 is 1.79 bits per heavy atom. The molecule has 1 aromatic heterocycles. The summed E-state index contributed by atoms with van der Waals surface area (Å²) in [4.78, 5) is 8.48. The lowest BCUT2D eigenvalue weighted by Crippen LogP contribution is -2.22. The summed E-state index contributed by atoms with van der Waals surface area (Å²) in [5.41, 5.74) is 7.25. The van der Waals surface area contributed by atoms with Crippen LogP contribution < -0.4 is 10.5 Å². The predicted molar refractivity (Wildman–Crippen MR) is 75.7 cm³/mol. The molecule has 0 saturated carbocycles. The summed E-state index contributed by atoms with van der Waals surface area (Å²) >= 11 is 0. The molecule has 0 saturated heterocycles. The van der Waals surface area contributed by atoms with E-state index in [1.807, 2.05) is 51.1 Å². The number of rotatable bonds is 3. The monoisotopic (exact) mass is 257 g/mol. The molecule has 2 rings (SSSR count). The SMILES string of the molecule is CC(C)(C)Oc1ccc(-c2ccnc(CN)n2)cc1. The molecule has 0 atom stereocenters. The van der Waals surface area contributed by atoms with Crippen LogP contribution in [-0.4, -0.2) is 15.6 Å². The second-order valence-electron chi connectivity index (χ2n) is 5.30. The Balaban J connectivity index is 2.22. The van der Waals surface area contributed by atoms with Gasteiger partial charge in [0, 0.05) is 11.8 Å². The molecule has 0 fully saturated rings. The maximum atomic E-state index is 5.78. The Bertz CT molecular complexity index is 544. The first-order chi connectivity index (χ1) is 8.98. The summed E-state index contributed by atoms with van der Waals surface area (Å²) in [5.74, 6) is 1.50. The average molecular weight is 257 g/mol. The zero-order valence-electron chi connectivity index (χ0n) is 11.6. The van der Waals surface area contributed by atoms with Gasteiger partial charge in [0.15, 0.2) is 0 Å². The maximum absolute atomic E-state index is 5.78. The smallest absolute Gasteiger partial charge is 0.142 e. The lowest BCUT2D eigenvalue weighted by Gasteiger charge is -2.21. The van der Waals surface area contributed by atoms with Gasteiger partial charge < -0.3 is 10.5 Å². The van der Waals surface area contributed by atoms with Crippen molar-refractivity contribution < 1.29 is 4.74 Å². The van der Waals surface area contributed by atoms with Crippen molar-refractivity contribution in [3.63, 3.8) is 0 Å². The zero-order chi connectivity index (χ0) is 13.9. The minimum Gasteiger partial charge on any atom is -0.488 e. The van der Waals surface area contributed by atoms with Crippen LogP contribution in [0.2, 0.25) is 0 Å². The van der Waals surface area contributed by atoms with Crippen molar-refractivity contribution in [1.82, 2.24) is 9.97 Å². The summed E-state index contributed by atoms with van der Waals surface area (Å²) < 4.78 is 5.78. The van der Waals surface area contributed by atoms with E-state index < -0.39 is 0 Å². The highest BCUT2D eigenvalue weighted by Gasteiger charge is 2.11. The number of hydrogen-bond acceptors (Lipinski definition) is 4. The first kappa shape index (κ1) is 13.5. The van der Waals surface area contributed by atoms with Crippen LogP contribution in [0.1, 0.15) is 26.6 Å². The number of aromatic nitrogens is 2. The molecular weight excluding hydrogens is 238 g/mol. The molecule has 4 nitrogen and oxygen atoms in total. The van der Waals surface area contributed by atoms with Gasteiger partial charge in [-0.15, -0.1) is 0 Å². The first-order valence-corrected chi connectivity index (χ1v) is 6.29. The fourth-order valence-corrected chi connectivity index (χ4v) is 1.71. The third-order valence-electron chi connectivity index (χ3n) is 2.46. The Labute approximate surface area is 113 Å². The molecule has 0 bridgehead atoms. The van der Waals surface area contributed by atoms with Gasteiger partial charge in [-0.1, -0.05) is 0 Å². The minimum atomic E-state index is -0.191. The molecule has 4 heteroatoms. The van der Waals surface area contributed by atoms with Gasteiger partial charge in [-0.25, -0.2) is 9.97 Å². The van der Waals surface area contributed by atoms with E-state index in [4.69, 9.17) is 10.5 Å². The molecule has 0 aliphatic carbocycles. The van der Waals surface area contributed by atoms with Crippen molar-refractivity contribution in [3.8, 4) is 17.0 Å². The Morgan fingerprint density at radius 1 is 1.11 bits per heavy atom. The molecular formula is C15H19N3O. The molecule has 19 heavy (non-hydrogen) atoms. The van der Waals surface area contributed by atoms with E-state index in [1.54, 1.807) is 6.20 Å². The van der Waals surface area contributed by atoms with Gasteiger partial charge in [0.1, 0.15) is 17.2 Å². The minimum absolute atomic E-state index is 0.191. The molecule has 0 radical (unpaired) electrons. The lowest BCUT2D eigenvalue weighted by molar-refractivity contribution is 0.131. The van der Waals surface area contributed by atoms with Gasteiger partial charge in [-0.3, -0.25) is 0 Å². The van der Waals surface area contributed by atoms with Gasteiger partial charge in [0.25, 0.3) is 0 Å². The number of nitrogens with zero attached hydrogens (tertiary/aromatic N) is 2. The van der Waals surface area contributed by atoms with Gasteiger partial charge in [0.05, 0.1) is 12.2 Å². The molecule has 0 aliphatic heterocycles. The van der Waals surface area contributed by atoms with E-state index in [1.165, 1.54) is 0 Å². The van der Waals surface area contributed by atoms with Crippen LogP contribution in [0.3, 0.4) is 0 Å². The summed E-state index contributed by atoms with van der Waals surface area (Å²) in [6, 6.07) is 9.75. The van der Waals surface area contributed by atoms with Gasteiger partial charge in [-0.2, -0.15) is 0 Å². The maximum Gasteiger partial charge on any atom is 0.142 e. The van der Waals surface area contributed by atoms with Gasteiger partial charge in [0.2, 0.25) is 0 Å². The lowest BCUT2D eigenvalue weighted by atomic mass is 10.1. The average Bonchev–Trinajstić information content (AvgIpc) is 2.38. The third-order valence-corrected chi connectivity index (χ3v) is 2.46. The van der Waals surface area contributed by atoms with Crippen LogP contribution in [0, 0.1) is 0 Å². The quantitative estimate of drug-likeness (QED) is 0.918. The van der Waals surface area contributed by atoms with Gasteiger partial charge in [-0.05, 0) is 51.1 Å². The fourth-order valence-electron chi connectivity index (χ4n) is 1.71. The Hall–Kier alpha value is -1.94. The van der Waals surface area contributed by atoms with Crippen molar-refractivity contribution in [3.05, 3.63) is 42.4 Å². The summed E-state index contributed by atoms with van der Waals surface area (Å²) in [5, 5.41) is 0. The highest BCUT2D eigenvalue weighted by atomic mass is 16.5. The normalized spacial score (nSPS) is 11.4. The number of ether oxygens (including phenoxy) is 1. The van der Waals surface area contributed by atoms with Crippen LogP contribution in [0.15, 0.2) is 36.5 Å². The second-order valence-corrected chi connectivity index (χ2v) is 5.30. The molecule has 0 spiro atoms. The van der Waals surface area contributed by atoms with Crippen molar-refractivity contribution in [2.75, 3.05) is 0 Å². The Kier molecular flexibility index (Phi) is 3.81. The summed E-state index contributed by atoms with van der Waals surface area (Å²) in [6.07, 6.45) is 1.73. The van der Waals surface area contributed by atoms with E-state index in [0.717, 1.165) is 17.0 Å². The molecule has 1 aromatic carbocycles. The van der Waals surface area contributed by atoms with Crippen molar-refractivity contribution in [1.29, 1.82) is 0 Å². The largest absolute Gasteiger partial charge is 0.488 e. The summed E-state index contributed by atoms with van der Waals surface area (Å²) in [7, 11) is 0. The second kappa shape index (κ2) is 5.36. The molecule has 100 valence electrons. The van der Waals surface area contributed by atoms with Crippen molar-refractivity contribution in [2.24, 2.45) is 5.73 Å². The molecule has 0 amide bonds. The predicted octanol–water partition coefficient (Wildman–Crippen LogP) is 2.78. The molecule has 0 unspecified atom stereocenters. The van der Waals surface area contributed by atoms with Gasteiger partial charge >= 0.3 is 0 Å². The zero-order valence-corrected chi connectivity index (χ0v) is 11.6. The summed E-state index contributed by atoms with van der Waals surface area (Å²) in [6.45, 7) is 6.43. The first-order valence-electron chi connectivity index (χ1n) is 6.29. The molecule has 0 aliphatic rings. The fraction of sp³-hybridized carbons (Fsp3) is 0.333.